The predicted octanol–water partition coefficient (Wildman–Crippen LogP) is 2.42. The molecule has 1 aromatic heterocycles. The summed E-state index contributed by atoms with van der Waals surface area (Å²) in [5, 5.41) is 11.3. The first kappa shape index (κ1) is 17.3. The Bertz CT molecular complexity index is 787. The van der Waals surface area contributed by atoms with E-state index in [4.69, 9.17) is 5.73 Å². The molecule has 0 aliphatic rings. The van der Waals surface area contributed by atoms with Crippen LogP contribution in [-0.4, -0.2) is 38.8 Å². The SMILES string of the molecule is CCN(CC)C(=O)c1c(C)nc(N)nc1-c1ccccc1[N+](=O)[O-]. The van der Waals surface area contributed by atoms with E-state index in [-0.39, 0.29) is 34.4 Å². The maximum Gasteiger partial charge on any atom is 0.278 e. The van der Waals surface area contributed by atoms with Gasteiger partial charge in [0.25, 0.3) is 11.6 Å². The number of rotatable bonds is 5. The minimum absolute atomic E-state index is 0.0308. The third kappa shape index (κ3) is 3.17. The van der Waals surface area contributed by atoms with Crippen molar-refractivity contribution >= 4 is 17.5 Å². The van der Waals surface area contributed by atoms with Crippen LogP contribution in [0.3, 0.4) is 0 Å². The number of aromatic nitrogens is 2. The normalized spacial score (nSPS) is 10.5. The fourth-order valence-corrected chi connectivity index (χ4v) is 2.55. The highest BCUT2D eigenvalue weighted by Gasteiger charge is 2.26. The van der Waals surface area contributed by atoms with E-state index in [1.807, 2.05) is 13.8 Å². The zero-order valence-corrected chi connectivity index (χ0v) is 13.8. The Labute approximate surface area is 139 Å². The van der Waals surface area contributed by atoms with E-state index in [0.29, 0.717) is 18.8 Å². The number of hydrogen-bond acceptors (Lipinski definition) is 6. The summed E-state index contributed by atoms with van der Waals surface area (Å²) in [6.45, 7) is 6.39. The predicted molar refractivity (Wildman–Crippen MR) is 90.5 cm³/mol. The lowest BCUT2D eigenvalue weighted by molar-refractivity contribution is -0.384. The van der Waals surface area contributed by atoms with Crippen LogP contribution < -0.4 is 5.73 Å². The van der Waals surface area contributed by atoms with Crippen LogP contribution in [0.1, 0.15) is 29.9 Å². The van der Waals surface area contributed by atoms with Gasteiger partial charge in [0.1, 0.15) is 0 Å². The molecule has 0 saturated heterocycles. The Balaban J connectivity index is 2.76. The van der Waals surface area contributed by atoms with Gasteiger partial charge >= 0.3 is 0 Å². The Morgan fingerprint density at radius 1 is 1.25 bits per heavy atom. The van der Waals surface area contributed by atoms with E-state index in [0.717, 1.165) is 0 Å². The minimum atomic E-state index is -0.505. The molecular weight excluding hydrogens is 310 g/mol. The van der Waals surface area contributed by atoms with E-state index < -0.39 is 4.92 Å². The standard InChI is InChI=1S/C16H19N5O3/c1-4-20(5-2)15(22)13-10(3)18-16(17)19-14(13)11-8-6-7-9-12(11)21(23)24/h6-9H,4-5H2,1-3H3,(H2,17,18,19). The average molecular weight is 329 g/mol. The van der Waals surface area contributed by atoms with Crippen LogP contribution in [0, 0.1) is 17.0 Å². The topological polar surface area (TPSA) is 115 Å². The van der Waals surface area contributed by atoms with Crippen LogP contribution in [0.15, 0.2) is 24.3 Å². The van der Waals surface area contributed by atoms with Crippen molar-refractivity contribution < 1.29 is 9.72 Å². The van der Waals surface area contributed by atoms with Gasteiger partial charge in [0.05, 0.1) is 27.4 Å². The van der Waals surface area contributed by atoms with Crippen LogP contribution in [0.25, 0.3) is 11.3 Å². The summed E-state index contributed by atoms with van der Waals surface area (Å²) in [5.74, 6) is -0.303. The van der Waals surface area contributed by atoms with E-state index in [1.54, 1.807) is 30.0 Å². The third-order valence-electron chi connectivity index (χ3n) is 3.73. The van der Waals surface area contributed by atoms with E-state index >= 15 is 0 Å². The van der Waals surface area contributed by atoms with Crippen LogP contribution in [0.4, 0.5) is 11.6 Å². The highest BCUT2D eigenvalue weighted by molar-refractivity contribution is 6.02. The molecule has 0 fully saturated rings. The summed E-state index contributed by atoms with van der Waals surface area (Å²) < 4.78 is 0. The number of aryl methyl sites for hydroxylation is 1. The second-order valence-electron chi connectivity index (χ2n) is 5.14. The Kier molecular flexibility index (Phi) is 5.08. The Morgan fingerprint density at radius 3 is 2.46 bits per heavy atom. The fourth-order valence-electron chi connectivity index (χ4n) is 2.55. The van der Waals surface area contributed by atoms with Gasteiger partial charge in [-0.1, -0.05) is 12.1 Å². The lowest BCUT2D eigenvalue weighted by atomic mass is 10.0. The molecule has 1 amide bonds. The smallest absolute Gasteiger partial charge is 0.278 e. The monoisotopic (exact) mass is 329 g/mol. The lowest BCUT2D eigenvalue weighted by Crippen LogP contribution is -2.32. The maximum atomic E-state index is 12.8. The number of nitrogens with two attached hydrogens (primary N) is 1. The second-order valence-corrected chi connectivity index (χ2v) is 5.14. The summed E-state index contributed by atoms with van der Waals surface area (Å²) >= 11 is 0. The van der Waals surface area contributed by atoms with Gasteiger partial charge in [0.2, 0.25) is 5.95 Å². The number of carbonyl (C=O) groups excluding carboxylic acids is 1. The van der Waals surface area contributed by atoms with Gasteiger partial charge in [-0.05, 0) is 26.8 Å². The van der Waals surface area contributed by atoms with Crippen molar-refractivity contribution in [1.82, 2.24) is 14.9 Å². The molecule has 1 heterocycles. The molecular formula is C16H19N5O3. The number of carbonyl (C=O) groups is 1. The van der Waals surface area contributed by atoms with Gasteiger partial charge in [-0.25, -0.2) is 9.97 Å². The summed E-state index contributed by atoms with van der Waals surface area (Å²) in [6.07, 6.45) is 0. The first-order valence-corrected chi connectivity index (χ1v) is 7.57. The zero-order chi connectivity index (χ0) is 17.9. The Hall–Kier alpha value is -3.03. The van der Waals surface area contributed by atoms with Crippen molar-refractivity contribution in [2.24, 2.45) is 0 Å². The largest absolute Gasteiger partial charge is 0.368 e. The highest BCUT2D eigenvalue weighted by Crippen LogP contribution is 2.32. The van der Waals surface area contributed by atoms with Gasteiger partial charge in [-0.2, -0.15) is 0 Å². The molecule has 0 saturated carbocycles. The number of nitro groups is 1. The number of anilines is 1. The van der Waals surface area contributed by atoms with E-state index in [2.05, 4.69) is 9.97 Å². The maximum absolute atomic E-state index is 12.8. The molecule has 8 heteroatoms. The molecule has 0 aliphatic heterocycles. The number of benzene rings is 1. The third-order valence-corrected chi connectivity index (χ3v) is 3.73. The highest BCUT2D eigenvalue weighted by atomic mass is 16.6. The summed E-state index contributed by atoms with van der Waals surface area (Å²) in [6, 6.07) is 6.14. The van der Waals surface area contributed by atoms with Gasteiger partial charge < -0.3 is 10.6 Å². The zero-order valence-electron chi connectivity index (χ0n) is 13.8. The molecule has 0 spiro atoms. The summed E-state index contributed by atoms with van der Waals surface area (Å²) in [5.41, 5.74) is 6.64. The first-order valence-electron chi connectivity index (χ1n) is 7.57. The number of amides is 1. The molecule has 2 aromatic rings. The minimum Gasteiger partial charge on any atom is -0.368 e. The van der Waals surface area contributed by atoms with Crippen molar-refractivity contribution in [3.63, 3.8) is 0 Å². The van der Waals surface area contributed by atoms with Crippen molar-refractivity contribution in [3.05, 3.63) is 45.6 Å². The van der Waals surface area contributed by atoms with Gasteiger partial charge in [-0.3, -0.25) is 14.9 Å². The molecule has 126 valence electrons. The van der Waals surface area contributed by atoms with E-state index in [1.165, 1.54) is 6.07 Å². The number of para-hydroxylation sites is 1. The number of hydrogen-bond donors (Lipinski definition) is 1. The van der Waals surface area contributed by atoms with Gasteiger partial charge in [0.15, 0.2) is 0 Å². The molecule has 8 nitrogen and oxygen atoms in total. The molecule has 2 N–H and O–H groups in total. The van der Waals surface area contributed by atoms with Crippen molar-refractivity contribution in [2.45, 2.75) is 20.8 Å². The summed E-state index contributed by atoms with van der Waals surface area (Å²) in [7, 11) is 0. The molecule has 2 rings (SSSR count). The second kappa shape index (κ2) is 7.03. The molecule has 0 radical (unpaired) electrons. The molecule has 1 aromatic carbocycles. The van der Waals surface area contributed by atoms with Crippen molar-refractivity contribution in [1.29, 1.82) is 0 Å². The van der Waals surface area contributed by atoms with Crippen LogP contribution in [0.5, 0.6) is 0 Å². The lowest BCUT2D eigenvalue weighted by Gasteiger charge is -2.21. The number of nitro benzene ring substituents is 1. The van der Waals surface area contributed by atoms with Gasteiger partial charge in [-0.15, -0.1) is 0 Å². The van der Waals surface area contributed by atoms with Crippen molar-refractivity contribution in [2.75, 3.05) is 18.8 Å². The summed E-state index contributed by atoms with van der Waals surface area (Å²) in [4.78, 5) is 33.5. The average Bonchev–Trinajstić information content (AvgIpc) is 2.55. The van der Waals surface area contributed by atoms with Crippen molar-refractivity contribution in [3.8, 4) is 11.3 Å². The van der Waals surface area contributed by atoms with E-state index in [9.17, 15) is 14.9 Å². The van der Waals surface area contributed by atoms with Crippen LogP contribution in [0.2, 0.25) is 0 Å². The fraction of sp³-hybridized carbons (Fsp3) is 0.312. The number of nitrogens with zero attached hydrogens (tertiary/aromatic N) is 4. The number of nitrogen functional groups attached to an aromatic ring is 1. The van der Waals surface area contributed by atoms with Crippen LogP contribution >= 0.6 is 0 Å². The first-order chi connectivity index (χ1) is 11.4. The molecule has 0 bridgehead atoms. The molecule has 0 aliphatic carbocycles. The van der Waals surface area contributed by atoms with Gasteiger partial charge in [0, 0.05) is 19.2 Å². The molecule has 24 heavy (non-hydrogen) atoms. The quantitative estimate of drug-likeness (QED) is 0.665. The van der Waals surface area contributed by atoms with Crippen LogP contribution in [-0.2, 0) is 0 Å². The molecule has 0 atom stereocenters. The molecule has 0 unspecified atom stereocenters. The Morgan fingerprint density at radius 2 is 1.88 bits per heavy atom.